The van der Waals surface area contributed by atoms with Crippen molar-refractivity contribution in [2.45, 2.75) is 25.3 Å². The van der Waals surface area contributed by atoms with Crippen molar-refractivity contribution in [3.05, 3.63) is 84.3 Å². The Bertz CT molecular complexity index is 1090. The summed E-state index contributed by atoms with van der Waals surface area (Å²) < 4.78 is 5.76. The molecule has 5 heteroatoms. The van der Waals surface area contributed by atoms with Crippen molar-refractivity contribution in [3.8, 4) is 0 Å². The van der Waals surface area contributed by atoms with Gasteiger partial charge in [-0.05, 0) is 49.2 Å². The van der Waals surface area contributed by atoms with Crippen molar-refractivity contribution in [1.82, 2.24) is 0 Å². The molecule has 1 amide bonds. The summed E-state index contributed by atoms with van der Waals surface area (Å²) in [5, 5.41) is 0. The zero-order valence-electron chi connectivity index (χ0n) is 15.8. The average molecular weight is 384 g/mol. The summed E-state index contributed by atoms with van der Waals surface area (Å²) in [4.78, 5) is 33.4. The number of furan rings is 1. The minimum absolute atomic E-state index is 0.107. The van der Waals surface area contributed by atoms with E-state index in [0.717, 1.165) is 18.6 Å². The Morgan fingerprint density at radius 1 is 0.966 bits per heavy atom. The Morgan fingerprint density at radius 2 is 1.76 bits per heavy atom. The molecule has 2 atom stereocenters. The number of para-hydroxylation sites is 2. The number of carbonyl (C=O) groups is 2. The number of amides is 1. The molecule has 2 heterocycles. The van der Waals surface area contributed by atoms with Gasteiger partial charge < -0.3 is 4.42 Å². The van der Waals surface area contributed by atoms with Crippen LogP contribution in [0.4, 0.5) is 11.4 Å². The van der Waals surface area contributed by atoms with Gasteiger partial charge in [0.1, 0.15) is 17.6 Å². The molecule has 3 aromatic rings. The van der Waals surface area contributed by atoms with E-state index in [1.165, 1.54) is 0 Å². The predicted octanol–water partition coefficient (Wildman–Crippen LogP) is 5.12. The fraction of sp³-hybridized carbons (Fsp3) is 0.208. The third-order valence-electron chi connectivity index (χ3n) is 5.64. The van der Waals surface area contributed by atoms with Gasteiger partial charge in [0, 0.05) is 17.7 Å². The smallest absolute Gasteiger partial charge is 0.259 e. The molecule has 5 nitrogen and oxygen atoms in total. The molecular weight excluding hydrogens is 364 g/mol. The standard InChI is InChI=1S/C24H20N2O3/c27-20-13-6-11-18-22(20)23(21-14-7-15-29-21)26(19-12-5-4-10-17(19)25-18)24(28)16-8-2-1-3-9-16/h1-5,7-10,12,14-15,22-23H,6,11,13H2/t22-,23-/m1/s1. The average Bonchev–Trinajstić information content (AvgIpc) is 3.23. The third-order valence-corrected chi connectivity index (χ3v) is 5.64. The van der Waals surface area contributed by atoms with E-state index in [0.29, 0.717) is 29.1 Å². The molecule has 2 aliphatic rings. The zero-order chi connectivity index (χ0) is 19.8. The maximum atomic E-state index is 13.7. The molecule has 0 N–H and O–H groups in total. The van der Waals surface area contributed by atoms with Crippen molar-refractivity contribution in [2.24, 2.45) is 10.9 Å². The molecular formula is C24H20N2O3. The summed E-state index contributed by atoms with van der Waals surface area (Å²) in [5.41, 5.74) is 2.79. The molecule has 1 aliphatic carbocycles. The quantitative estimate of drug-likeness (QED) is 0.616. The summed E-state index contributed by atoms with van der Waals surface area (Å²) in [6, 6.07) is 19.8. The normalized spacial score (nSPS) is 21.0. The van der Waals surface area contributed by atoms with Crippen LogP contribution in [0, 0.1) is 5.92 Å². The molecule has 1 saturated carbocycles. The van der Waals surface area contributed by atoms with Crippen LogP contribution in [0.1, 0.15) is 41.4 Å². The van der Waals surface area contributed by atoms with Gasteiger partial charge in [0.05, 0.1) is 23.6 Å². The summed E-state index contributed by atoms with van der Waals surface area (Å²) >= 11 is 0. The number of aliphatic imine (C=N–C) groups is 1. The van der Waals surface area contributed by atoms with Crippen LogP contribution in [0.5, 0.6) is 0 Å². The summed E-state index contributed by atoms with van der Waals surface area (Å²) in [5.74, 6) is 0.0261. The van der Waals surface area contributed by atoms with Gasteiger partial charge in [0.25, 0.3) is 5.91 Å². The van der Waals surface area contributed by atoms with E-state index in [-0.39, 0.29) is 11.7 Å². The van der Waals surface area contributed by atoms with Crippen LogP contribution < -0.4 is 4.90 Å². The molecule has 1 aliphatic heterocycles. The number of carbonyl (C=O) groups excluding carboxylic acids is 2. The number of hydrogen-bond donors (Lipinski definition) is 0. The van der Waals surface area contributed by atoms with Crippen LogP contribution in [0.3, 0.4) is 0 Å². The minimum atomic E-state index is -0.562. The highest BCUT2D eigenvalue weighted by Crippen LogP contribution is 2.45. The molecule has 144 valence electrons. The number of anilines is 1. The molecule has 0 bridgehead atoms. The number of fused-ring (bicyclic) bond motifs is 2. The van der Waals surface area contributed by atoms with Crippen molar-refractivity contribution in [2.75, 3.05) is 4.90 Å². The second kappa shape index (κ2) is 7.17. The first-order chi connectivity index (χ1) is 14.2. The first-order valence-electron chi connectivity index (χ1n) is 9.85. The highest BCUT2D eigenvalue weighted by atomic mass is 16.3. The van der Waals surface area contributed by atoms with Gasteiger partial charge in [0.15, 0.2) is 0 Å². The number of ketones is 1. The highest BCUT2D eigenvalue weighted by Gasteiger charge is 2.45. The summed E-state index contributed by atoms with van der Waals surface area (Å²) in [6.07, 6.45) is 3.61. The topological polar surface area (TPSA) is 62.9 Å². The molecule has 0 unspecified atom stereocenters. The van der Waals surface area contributed by atoms with Gasteiger partial charge in [-0.3, -0.25) is 19.5 Å². The van der Waals surface area contributed by atoms with Crippen molar-refractivity contribution in [1.29, 1.82) is 0 Å². The van der Waals surface area contributed by atoms with Crippen LogP contribution in [-0.4, -0.2) is 17.4 Å². The Kier molecular flexibility index (Phi) is 4.35. The first-order valence-corrected chi connectivity index (χ1v) is 9.85. The molecule has 29 heavy (non-hydrogen) atoms. The van der Waals surface area contributed by atoms with Crippen LogP contribution in [0.15, 0.2) is 82.4 Å². The van der Waals surface area contributed by atoms with E-state index in [1.54, 1.807) is 29.4 Å². The summed E-state index contributed by atoms with van der Waals surface area (Å²) in [6.45, 7) is 0. The predicted molar refractivity (Wildman–Crippen MR) is 111 cm³/mol. The lowest BCUT2D eigenvalue weighted by molar-refractivity contribution is -0.122. The maximum Gasteiger partial charge on any atom is 0.259 e. The van der Waals surface area contributed by atoms with Gasteiger partial charge in [-0.15, -0.1) is 0 Å². The molecule has 0 radical (unpaired) electrons. The summed E-state index contributed by atoms with van der Waals surface area (Å²) in [7, 11) is 0. The second-order valence-electron chi connectivity index (χ2n) is 7.39. The van der Waals surface area contributed by atoms with Gasteiger partial charge in [-0.1, -0.05) is 30.3 Å². The number of hydrogen-bond acceptors (Lipinski definition) is 4. The molecule has 1 aromatic heterocycles. The maximum absolute atomic E-state index is 13.7. The van der Waals surface area contributed by atoms with Crippen LogP contribution in [0.2, 0.25) is 0 Å². The monoisotopic (exact) mass is 384 g/mol. The Balaban J connectivity index is 1.75. The van der Waals surface area contributed by atoms with Crippen LogP contribution in [0.25, 0.3) is 0 Å². The first kappa shape index (κ1) is 17.6. The van der Waals surface area contributed by atoms with Gasteiger partial charge in [0.2, 0.25) is 0 Å². The van der Waals surface area contributed by atoms with E-state index >= 15 is 0 Å². The number of Topliss-reactive ketones (excluding diaryl/α,β-unsaturated/α-hetero) is 1. The Morgan fingerprint density at radius 3 is 2.55 bits per heavy atom. The van der Waals surface area contributed by atoms with Gasteiger partial charge in [-0.2, -0.15) is 0 Å². The Labute approximate surface area is 168 Å². The SMILES string of the molecule is O=C1CCCC2=Nc3ccccc3N(C(=O)c3ccccc3)[C@H](c3ccco3)[C@@H]12. The number of nitrogens with zero attached hydrogens (tertiary/aromatic N) is 2. The van der Waals surface area contributed by atoms with E-state index < -0.39 is 12.0 Å². The van der Waals surface area contributed by atoms with Gasteiger partial charge in [-0.25, -0.2) is 0 Å². The molecule has 1 fully saturated rings. The van der Waals surface area contributed by atoms with E-state index in [1.807, 2.05) is 48.5 Å². The molecule has 5 rings (SSSR count). The van der Waals surface area contributed by atoms with Crippen molar-refractivity contribution in [3.63, 3.8) is 0 Å². The second-order valence-corrected chi connectivity index (χ2v) is 7.39. The van der Waals surface area contributed by atoms with Crippen LogP contribution >= 0.6 is 0 Å². The van der Waals surface area contributed by atoms with Crippen LogP contribution in [-0.2, 0) is 4.79 Å². The molecule has 0 saturated heterocycles. The van der Waals surface area contributed by atoms with E-state index in [4.69, 9.17) is 9.41 Å². The Hall–Kier alpha value is -3.47. The third kappa shape index (κ3) is 2.99. The van der Waals surface area contributed by atoms with E-state index in [9.17, 15) is 9.59 Å². The fourth-order valence-electron chi connectivity index (χ4n) is 4.35. The largest absolute Gasteiger partial charge is 0.467 e. The van der Waals surface area contributed by atoms with Gasteiger partial charge >= 0.3 is 0 Å². The lowest BCUT2D eigenvalue weighted by atomic mass is 9.79. The highest BCUT2D eigenvalue weighted by molar-refractivity contribution is 6.14. The number of rotatable bonds is 2. The number of benzene rings is 2. The van der Waals surface area contributed by atoms with Crippen molar-refractivity contribution >= 4 is 28.8 Å². The fourth-order valence-corrected chi connectivity index (χ4v) is 4.35. The lowest BCUT2D eigenvalue weighted by Gasteiger charge is -2.35. The zero-order valence-corrected chi connectivity index (χ0v) is 15.8. The van der Waals surface area contributed by atoms with E-state index in [2.05, 4.69) is 0 Å². The lowest BCUT2D eigenvalue weighted by Crippen LogP contribution is -2.44. The molecule has 0 spiro atoms. The van der Waals surface area contributed by atoms with Crippen molar-refractivity contribution < 1.29 is 14.0 Å². The minimum Gasteiger partial charge on any atom is -0.467 e. The molecule has 2 aromatic carbocycles.